The summed E-state index contributed by atoms with van der Waals surface area (Å²) in [5.41, 5.74) is 1.05. The summed E-state index contributed by atoms with van der Waals surface area (Å²) in [5.74, 6) is -1.16. The van der Waals surface area contributed by atoms with Crippen molar-refractivity contribution in [1.82, 2.24) is 25.1 Å². The molecule has 2 aromatic heterocycles. The molecule has 3 heterocycles. The van der Waals surface area contributed by atoms with Gasteiger partial charge in [-0.1, -0.05) is 11.6 Å². The Morgan fingerprint density at radius 3 is 2.73 bits per heavy atom. The molecule has 0 atom stereocenters. The topological polar surface area (TPSA) is 131 Å². The highest BCUT2D eigenvalue weighted by Gasteiger charge is 2.44. The zero-order chi connectivity index (χ0) is 28.2. The highest BCUT2D eigenvalue weighted by atomic mass is 35.5. The van der Waals surface area contributed by atoms with E-state index >= 15 is 0 Å². The summed E-state index contributed by atoms with van der Waals surface area (Å²) in [5, 5.41) is 7.44. The first kappa shape index (κ1) is 25.7. The molecular formula is C26H21ClF2N6O5. The van der Waals surface area contributed by atoms with E-state index in [4.69, 9.17) is 11.6 Å². The van der Waals surface area contributed by atoms with E-state index in [1.165, 1.54) is 35.5 Å². The number of carbonyl (C=O) groups is 2. The van der Waals surface area contributed by atoms with Crippen LogP contribution in [0.4, 0.5) is 14.5 Å². The molecule has 11 nitrogen and oxygen atoms in total. The number of rotatable bonds is 7. The Kier molecular flexibility index (Phi) is 6.17. The van der Waals surface area contributed by atoms with Gasteiger partial charge >= 0.3 is 6.29 Å². The Morgan fingerprint density at radius 2 is 1.98 bits per heavy atom. The summed E-state index contributed by atoms with van der Waals surface area (Å²) in [6, 6.07) is 8.59. The quantitative estimate of drug-likeness (QED) is 0.346. The third kappa shape index (κ3) is 4.72. The van der Waals surface area contributed by atoms with E-state index in [1.54, 1.807) is 19.1 Å². The number of nitrogens with zero attached hydrogens (tertiary/aromatic N) is 4. The lowest BCUT2D eigenvalue weighted by atomic mass is 10.1. The number of fused-ring (bicyclic) bond motifs is 2. The average Bonchev–Trinajstić information content (AvgIpc) is 3.50. The molecule has 0 spiro atoms. The van der Waals surface area contributed by atoms with Gasteiger partial charge in [-0.15, -0.1) is 8.78 Å². The molecule has 1 aliphatic carbocycles. The number of H-pyrrole nitrogens is 1. The smallest absolute Gasteiger partial charge is 0.395 e. The Bertz CT molecular complexity index is 1730. The van der Waals surface area contributed by atoms with E-state index in [9.17, 15) is 23.2 Å². The number of carbonyl (C=O) groups excluding carboxylic acids is 2. The zero-order valence-corrected chi connectivity index (χ0v) is 21.7. The molecule has 0 radical (unpaired) electrons. The van der Waals surface area contributed by atoms with E-state index in [1.807, 2.05) is 0 Å². The molecule has 206 valence electrons. The van der Waals surface area contributed by atoms with Crippen molar-refractivity contribution in [2.24, 2.45) is 0 Å². The number of imidazole rings is 1. The Hall–Kier alpha value is -4.52. The number of aromatic amines is 1. The molecule has 0 saturated heterocycles. The second kappa shape index (κ2) is 9.59. The number of ether oxygens (including phenoxy) is 2. The number of anilines is 1. The van der Waals surface area contributed by atoms with E-state index < -0.39 is 24.3 Å². The summed E-state index contributed by atoms with van der Waals surface area (Å²) in [6.45, 7) is 1.75. The normalized spacial score (nSPS) is 15.3. The van der Waals surface area contributed by atoms with Crippen LogP contribution in [0.15, 0.2) is 47.5 Å². The van der Waals surface area contributed by atoms with Crippen LogP contribution >= 0.6 is 11.6 Å². The minimum atomic E-state index is -3.79. The lowest BCUT2D eigenvalue weighted by Crippen LogP contribution is -2.39. The molecular weight excluding hydrogens is 550 g/mol. The number of benzene rings is 2. The summed E-state index contributed by atoms with van der Waals surface area (Å²) >= 11 is 6.30. The van der Waals surface area contributed by atoms with Gasteiger partial charge in [-0.2, -0.15) is 5.10 Å². The fourth-order valence-electron chi connectivity index (χ4n) is 4.59. The third-order valence-corrected chi connectivity index (χ3v) is 6.65. The SMILES string of the molecule is CCNC(=O)c1cc(Cl)cc(-c2nn(CC(=O)N(c3ccc4c(c3)OC(F)(F)O4)C3CC3)c(=O)c3nc[nH]c23)c1. The van der Waals surface area contributed by atoms with Gasteiger partial charge in [0.2, 0.25) is 5.91 Å². The molecule has 14 heteroatoms. The van der Waals surface area contributed by atoms with Crippen LogP contribution in [0.1, 0.15) is 30.1 Å². The van der Waals surface area contributed by atoms with Crippen molar-refractivity contribution in [1.29, 1.82) is 0 Å². The molecule has 0 bridgehead atoms. The van der Waals surface area contributed by atoms with Crippen molar-refractivity contribution in [3.8, 4) is 22.8 Å². The summed E-state index contributed by atoms with van der Waals surface area (Å²) in [4.78, 5) is 47.7. The molecule has 1 saturated carbocycles. The number of halogens is 3. The predicted octanol–water partition coefficient (Wildman–Crippen LogP) is 3.71. The Morgan fingerprint density at radius 1 is 1.20 bits per heavy atom. The van der Waals surface area contributed by atoms with Crippen molar-refractivity contribution < 1.29 is 27.8 Å². The lowest BCUT2D eigenvalue weighted by molar-refractivity contribution is -0.286. The first-order valence-corrected chi connectivity index (χ1v) is 12.8. The van der Waals surface area contributed by atoms with Crippen LogP contribution in [0.2, 0.25) is 5.02 Å². The van der Waals surface area contributed by atoms with E-state index in [0.29, 0.717) is 41.7 Å². The first-order valence-electron chi connectivity index (χ1n) is 12.4. The highest BCUT2D eigenvalue weighted by Crippen LogP contribution is 2.44. The van der Waals surface area contributed by atoms with Gasteiger partial charge in [0, 0.05) is 40.5 Å². The fourth-order valence-corrected chi connectivity index (χ4v) is 4.82. The first-order chi connectivity index (χ1) is 19.1. The molecule has 40 heavy (non-hydrogen) atoms. The monoisotopic (exact) mass is 570 g/mol. The highest BCUT2D eigenvalue weighted by molar-refractivity contribution is 6.31. The van der Waals surface area contributed by atoms with Crippen molar-refractivity contribution in [3.63, 3.8) is 0 Å². The Balaban J connectivity index is 1.37. The number of nitrogens with one attached hydrogen (secondary N) is 2. The van der Waals surface area contributed by atoms with Gasteiger partial charge in [-0.3, -0.25) is 14.4 Å². The van der Waals surface area contributed by atoms with Crippen LogP contribution in [0, 0.1) is 0 Å². The van der Waals surface area contributed by atoms with Crippen LogP contribution in [0.5, 0.6) is 11.5 Å². The maximum atomic E-state index is 13.6. The molecule has 2 aliphatic rings. The largest absolute Gasteiger partial charge is 0.586 e. The predicted molar refractivity (Wildman–Crippen MR) is 140 cm³/mol. The molecule has 2 amide bonds. The molecule has 2 N–H and O–H groups in total. The van der Waals surface area contributed by atoms with Gasteiger partial charge in [0.1, 0.15) is 12.2 Å². The van der Waals surface area contributed by atoms with Crippen LogP contribution in [0.3, 0.4) is 0 Å². The van der Waals surface area contributed by atoms with Gasteiger partial charge in [-0.25, -0.2) is 9.67 Å². The van der Waals surface area contributed by atoms with Gasteiger partial charge in [0.05, 0.1) is 11.8 Å². The zero-order valence-electron chi connectivity index (χ0n) is 20.9. The van der Waals surface area contributed by atoms with E-state index in [2.05, 4.69) is 29.9 Å². The minimum Gasteiger partial charge on any atom is -0.395 e. The van der Waals surface area contributed by atoms with Crippen molar-refractivity contribution >= 4 is 40.1 Å². The lowest BCUT2D eigenvalue weighted by Gasteiger charge is -2.23. The number of amides is 2. The van der Waals surface area contributed by atoms with E-state index in [-0.39, 0.29) is 39.7 Å². The van der Waals surface area contributed by atoms with Crippen molar-refractivity contribution in [2.45, 2.75) is 38.6 Å². The van der Waals surface area contributed by atoms with Crippen LogP contribution < -0.4 is 25.2 Å². The number of hydrogen-bond acceptors (Lipinski definition) is 7. The van der Waals surface area contributed by atoms with Gasteiger partial charge in [0.15, 0.2) is 17.0 Å². The molecule has 0 unspecified atom stereocenters. The van der Waals surface area contributed by atoms with Gasteiger partial charge in [-0.05, 0) is 50.1 Å². The van der Waals surface area contributed by atoms with Gasteiger partial charge in [0.25, 0.3) is 11.5 Å². The van der Waals surface area contributed by atoms with E-state index in [0.717, 1.165) is 4.68 Å². The summed E-state index contributed by atoms with van der Waals surface area (Å²) < 4.78 is 37.1. The minimum absolute atomic E-state index is 0.0422. The summed E-state index contributed by atoms with van der Waals surface area (Å²) in [6.07, 6.45) is -1.06. The number of aromatic nitrogens is 4. The second-order valence-corrected chi connectivity index (χ2v) is 9.76. The van der Waals surface area contributed by atoms with Crippen LogP contribution in [-0.4, -0.2) is 50.4 Å². The molecule has 1 fully saturated rings. The fraction of sp³-hybridized carbons (Fsp3) is 0.269. The maximum Gasteiger partial charge on any atom is 0.586 e. The molecule has 4 aromatic rings. The van der Waals surface area contributed by atoms with Gasteiger partial charge < -0.3 is 24.7 Å². The standard InChI is InChI=1S/C26H21ClF2N6O5/c1-2-30-24(37)14-7-13(8-15(27)9-14)21-22-23(32-12-31-22)25(38)34(33-21)11-20(36)35(16-3-4-16)17-5-6-18-19(10-17)40-26(28,29)39-18/h5-10,12,16H,2-4,11H2,1H3,(H,30,37)(H,31,32). The molecule has 2 aromatic carbocycles. The maximum absolute atomic E-state index is 13.6. The van der Waals surface area contributed by atoms with Crippen molar-refractivity contribution in [3.05, 3.63) is 63.7 Å². The average molecular weight is 571 g/mol. The molecule has 6 rings (SSSR count). The van der Waals surface area contributed by atoms with Crippen molar-refractivity contribution in [2.75, 3.05) is 11.4 Å². The van der Waals surface area contributed by atoms with Crippen LogP contribution in [0.25, 0.3) is 22.3 Å². The number of alkyl halides is 2. The Labute approximate surface area is 229 Å². The number of hydrogen-bond donors (Lipinski definition) is 2. The second-order valence-electron chi connectivity index (χ2n) is 9.32. The summed E-state index contributed by atoms with van der Waals surface area (Å²) in [7, 11) is 0. The molecule has 1 aliphatic heterocycles. The van der Waals surface area contributed by atoms with Crippen LogP contribution in [-0.2, 0) is 11.3 Å². The third-order valence-electron chi connectivity index (χ3n) is 6.43.